The summed E-state index contributed by atoms with van der Waals surface area (Å²) >= 11 is 2.50. The largest absolute Gasteiger partial charge is 0.444 e. The van der Waals surface area contributed by atoms with Gasteiger partial charge >= 0.3 is 17.9 Å². The van der Waals surface area contributed by atoms with Gasteiger partial charge in [0.25, 0.3) is 0 Å². The summed E-state index contributed by atoms with van der Waals surface area (Å²) < 4.78 is 18.6. The van der Waals surface area contributed by atoms with E-state index in [4.69, 9.17) is 15.2 Å². The number of anilines is 3. The second-order valence-electron chi connectivity index (χ2n) is 11.3. The number of piperazine rings is 2. The number of nitrogens with two attached hydrogens (primary N) is 1. The number of nitro groups is 1. The van der Waals surface area contributed by atoms with E-state index < -0.39 is 16.1 Å². The lowest BCUT2D eigenvalue weighted by Crippen LogP contribution is -2.50. The molecular formula is C24H38N8O6S2. The topological polar surface area (TPSA) is 160 Å². The zero-order valence-electron chi connectivity index (χ0n) is 23.8. The maximum absolute atomic E-state index is 11.9. The molecule has 222 valence electrons. The molecule has 2 aromatic rings. The highest BCUT2D eigenvalue weighted by Crippen LogP contribution is 2.32. The fourth-order valence-corrected chi connectivity index (χ4v) is 5.39. The van der Waals surface area contributed by atoms with Crippen molar-refractivity contribution in [2.75, 3.05) is 67.9 Å². The van der Waals surface area contributed by atoms with Gasteiger partial charge in [0.1, 0.15) is 22.4 Å². The number of carbonyl (C=O) groups excluding carboxylic acids is 2. The van der Waals surface area contributed by atoms with Gasteiger partial charge in [-0.15, -0.1) is 0 Å². The lowest BCUT2D eigenvalue weighted by molar-refractivity contribution is -0.383. The Morgan fingerprint density at radius 2 is 1.20 bits per heavy atom. The number of nitrogen functional groups attached to an aromatic ring is 1. The maximum atomic E-state index is 11.9. The molecular weight excluding hydrogens is 560 g/mol. The highest BCUT2D eigenvalue weighted by molar-refractivity contribution is 7.11. The van der Waals surface area contributed by atoms with Crippen LogP contribution in [0.3, 0.4) is 0 Å². The van der Waals surface area contributed by atoms with Gasteiger partial charge in [0, 0.05) is 52.4 Å². The first kappa shape index (κ1) is 31.1. The van der Waals surface area contributed by atoms with Crippen molar-refractivity contribution in [3.05, 3.63) is 22.5 Å². The Morgan fingerprint density at radius 1 is 0.800 bits per heavy atom. The van der Waals surface area contributed by atoms with Crippen LogP contribution in [-0.4, -0.2) is 99.2 Å². The van der Waals surface area contributed by atoms with Crippen LogP contribution in [0.1, 0.15) is 41.5 Å². The van der Waals surface area contributed by atoms with Crippen LogP contribution in [0, 0.1) is 10.1 Å². The second-order valence-corrected chi connectivity index (χ2v) is 12.8. The van der Waals surface area contributed by atoms with Gasteiger partial charge in [-0.1, -0.05) is 0 Å². The molecule has 0 unspecified atom stereocenters. The van der Waals surface area contributed by atoms with Crippen molar-refractivity contribution in [1.82, 2.24) is 18.5 Å². The molecule has 2 N–H and O–H groups in total. The van der Waals surface area contributed by atoms with Crippen LogP contribution < -0.4 is 15.5 Å². The van der Waals surface area contributed by atoms with E-state index in [1.807, 2.05) is 46.4 Å². The third kappa shape index (κ3) is 8.81. The molecule has 2 aliphatic rings. The molecule has 2 amide bonds. The maximum Gasteiger partial charge on any atom is 0.410 e. The van der Waals surface area contributed by atoms with Crippen molar-refractivity contribution in [1.29, 1.82) is 0 Å². The van der Waals surface area contributed by atoms with Gasteiger partial charge < -0.3 is 34.8 Å². The third-order valence-electron chi connectivity index (χ3n) is 5.75. The highest BCUT2D eigenvalue weighted by Gasteiger charge is 2.30. The molecule has 2 aromatic heterocycles. The van der Waals surface area contributed by atoms with E-state index in [1.165, 1.54) is 17.7 Å². The lowest BCUT2D eigenvalue weighted by Gasteiger charge is -2.36. The minimum absolute atomic E-state index is 0.0192. The molecule has 2 saturated heterocycles. The number of ether oxygens (including phenoxy) is 2. The van der Waals surface area contributed by atoms with E-state index in [2.05, 4.69) is 13.6 Å². The molecule has 0 radical (unpaired) electrons. The molecule has 40 heavy (non-hydrogen) atoms. The molecule has 0 saturated carbocycles. The number of rotatable bonds is 3. The number of hydrogen-bond donors (Lipinski definition) is 1. The molecule has 0 atom stereocenters. The summed E-state index contributed by atoms with van der Waals surface area (Å²) in [5.41, 5.74) is 5.60. The summed E-state index contributed by atoms with van der Waals surface area (Å²) in [7, 11) is 0. The molecule has 0 spiro atoms. The predicted molar refractivity (Wildman–Crippen MR) is 155 cm³/mol. The average molecular weight is 599 g/mol. The number of nitrogens with zero attached hydrogens (tertiary/aromatic N) is 7. The van der Waals surface area contributed by atoms with Gasteiger partial charge in [-0.2, -0.15) is 8.75 Å². The van der Waals surface area contributed by atoms with Crippen LogP contribution in [0.2, 0.25) is 0 Å². The third-order valence-corrected chi connectivity index (χ3v) is 7.47. The number of hydrogen-bond acceptors (Lipinski definition) is 13. The standard InChI is InChI=1S/C12H18N4O4S.C12H20N4O2S/c1-12(2,3)20-11(17)15-6-4-14(5-7-15)10-9(16(18)19)8-13-21-10;1-12(2,3)18-11(17)16-6-4-15(5-7-16)10-9(13)8-14-19-10/h8H,4-7H2,1-3H3;8H,4-7,13H2,1-3H3. The second kappa shape index (κ2) is 12.8. The first-order valence-electron chi connectivity index (χ1n) is 12.9. The van der Waals surface area contributed by atoms with Crippen LogP contribution in [0.4, 0.5) is 31.0 Å². The van der Waals surface area contributed by atoms with Crippen molar-refractivity contribution < 1.29 is 24.0 Å². The van der Waals surface area contributed by atoms with Crippen LogP contribution in [0.25, 0.3) is 0 Å². The van der Waals surface area contributed by atoms with Gasteiger partial charge in [-0.25, -0.2) is 9.59 Å². The summed E-state index contributed by atoms with van der Waals surface area (Å²) in [5.74, 6) is 0. The summed E-state index contributed by atoms with van der Waals surface area (Å²) in [6.45, 7) is 15.9. The van der Waals surface area contributed by atoms with Crippen molar-refractivity contribution in [3.8, 4) is 0 Å². The Labute approximate surface area is 242 Å². The Bertz CT molecular complexity index is 1160. The minimum Gasteiger partial charge on any atom is -0.444 e. The number of carbonyl (C=O) groups is 2. The summed E-state index contributed by atoms with van der Waals surface area (Å²) in [4.78, 5) is 41.8. The Kier molecular flexibility index (Phi) is 10.00. The molecule has 2 fully saturated rings. The molecule has 0 aromatic carbocycles. The van der Waals surface area contributed by atoms with Crippen molar-refractivity contribution in [2.45, 2.75) is 52.7 Å². The number of aromatic nitrogens is 2. The minimum atomic E-state index is -0.523. The summed E-state index contributed by atoms with van der Waals surface area (Å²) in [6, 6.07) is 0. The molecule has 0 bridgehead atoms. The quantitative estimate of drug-likeness (QED) is 0.403. The Balaban J connectivity index is 0.000000222. The van der Waals surface area contributed by atoms with Crippen LogP contribution >= 0.6 is 23.1 Å². The smallest absolute Gasteiger partial charge is 0.410 e. The predicted octanol–water partition coefficient (Wildman–Crippen LogP) is 3.89. The van der Waals surface area contributed by atoms with Gasteiger partial charge in [0.2, 0.25) is 0 Å². The van der Waals surface area contributed by atoms with E-state index in [0.717, 1.165) is 29.6 Å². The monoisotopic (exact) mass is 598 g/mol. The van der Waals surface area contributed by atoms with Crippen LogP contribution in [0.5, 0.6) is 0 Å². The van der Waals surface area contributed by atoms with Gasteiger partial charge in [-0.3, -0.25) is 10.1 Å². The van der Waals surface area contributed by atoms with Gasteiger partial charge in [0.05, 0.1) is 16.8 Å². The molecule has 2 aliphatic heterocycles. The lowest BCUT2D eigenvalue weighted by atomic mass is 10.2. The number of amides is 2. The van der Waals surface area contributed by atoms with Crippen molar-refractivity contribution in [2.24, 2.45) is 0 Å². The SMILES string of the molecule is CC(C)(C)OC(=O)N1CCN(c2sncc2N)CC1.CC(C)(C)OC(=O)N1CCN(c2sncc2[N+](=O)[O-])CC1. The van der Waals surface area contributed by atoms with Gasteiger partial charge in [0.15, 0.2) is 5.00 Å². The van der Waals surface area contributed by atoms with E-state index >= 15 is 0 Å². The molecule has 14 nitrogen and oxygen atoms in total. The van der Waals surface area contributed by atoms with Crippen LogP contribution in [0.15, 0.2) is 12.4 Å². The molecule has 16 heteroatoms. The van der Waals surface area contributed by atoms with Crippen LogP contribution in [-0.2, 0) is 9.47 Å². The van der Waals surface area contributed by atoms with E-state index in [-0.39, 0.29) is 17.9 Å². The fourth-order valence-electron chi connectivity index (χ4n) is 3.89. The normalized spacial score (nSPS) is 16.2. The van der Waals surface area contributed by atoms with Crippen molar-refractivity contribution in [3.63, 3.8) is 0 Å². The molecule has 4 rings (SSSR count). The summed E-state index contributed by atoms with van der Waals surface area (Å²) in [5, 5.41) is 12.5. The zero-order chi connectivity index (χ0) is 29.7. The van der Waals surface area contributed by atoms with E-state index in [9.17, 15) is 19.7 Å². The fraction of sp³-hybridized carbons (Fsp3) is 0.667. The first-order chi connectivity index (χ1) is 18.6. The van der Waals surface area contributed by atoms with E-state index in [1.54, 1.807) is 16.0 Å². The zero-order valence-corrected chi connectivity index (χ0v) is 25.4. The summed E-state index contributed by atoms with van der Waals surface area (Å²) in [6.07, 6.45) is 2.34. The Morgan fingerprint density at radius 3 is 1.57 bits per heavy atom. The molecule has 4 heterocycles. The Hall–Kier alpha value is -3.40. The van der Waals surface area contributed by atoms with Crippen molar-refractivity contribution >= 4 is 56.6 Å². The van der Waals surface area contributed by atoms with Gasteiger partial charge in [-0.05, 0) is 64.6 Å². The first-order valence-corrected chi connectivity index (χ1v) is 14.4. The van der Waals surface area contributed by atoms with E-state index in [0.29, 0.717) is 50.0 Å². The molecule has 0 aliphatic carbocycles. The highest BCUT2D eigenvalue weighted by atomic mass is 32.1. The average Bonchev–Trinajstić information content (AvgIpc) is 3.52.